The minimum absolute atomic E-state index is 0.148. The fraction of sp³-hybridized carbons (Fsp3) is 0.789. The van der Waals surface area contributed by atoms with E-state index < -0.39 is 24.3 Å². The van der Waals surface area contributed by atoms with E-state index in [2.05, 4.69) is 86.8 Å². The van der Waals surface area contributed by atoms with Crippen LogP contribution in [0.4, 0.5) is 0 Å². The van der Waals surface area contributed by atoms with Crippen molar-refractivity contribution in [3.63, 3.8) is 0 Å². The zero-order valence-electron chi connectivity index (χ0n) is 52.9. The van der Waals surface area contributed by atoms with Crippen molar-refractivity contribution in [2.75, 3.05) is 47.5 Å². The standard InChI is InChI=1S/C71H127NO8/c1-6-8-10-12-14-16-18-20-22-24-26-28-30-31-32-33-34-35-36-37-38-39-40-42-44-46-48-50-52-54-56-58-60-62-69(74)80-67(66-79-71(70(75)76)77-64-63-72(3,4)5)65-78-68(73)61-59-57-55-53-51-49-47-45-43-41-29-27-25-23-21-19-17-15-13-11-9-7-2/h8,10,14,16,20,22,26,28,31-32,34-35,67,71H,6-7,9,11-13,15,17-19,21,23-25,27,29-30,33,36-66H2,1-5H3/b10-8-,16-14-,22-20-,28-26-,32-31-,35-34-. The first kappa shape index (κ1) is 76.7. The van der Waals surface area contributed by atoms with Gasteiger partial charge < -0.3 is 33.3 Å². The lowest BCUT2D eigenvalue weighted by Gasteiger charge is -2.26. The molecule has 0 aromatic rings. The first-order chi connectivity index (χ1) is 39.1. The molecule has 0 saturated carbocycles. The van der Waals surface area contributed by atoms with Crippen molar-refractivity contribution in [3.05, 3.63) is 72.9 Å². The Morgan fingerprint density at radius 3 is 1.06 bits per heavy atom. The van der Waals surface area contributed by atoms with Gasteiger partial charge in [0.25, 0.3) is 0 Å². The third-order valence-corrected chi connectivity index (χ3v) is 14.7. The van der Waals surface area contributed by atoms with Gasteiger partial charge in [0.05, 0.1) is 40.3 Å². The van der Waals surface area contributed by atoms with Crippen LogP contribution in [0.3, 0.4) is 0 Å². The molecule has 0 rings (SSSR count). The molecule has 0 saturated heterocycles. The van der Waals surface area contributed by atoms with Gasteiger partial charge >= 0.3 is 11.9 Å². The normalized spacial score (nSPS) is 13.2. The van der Waals surface area contributed by atoms with E-state index in [1.165, 1.54) is 193 Å². The zero-order chi connectivity index (χ0) is 58.3. The van der Waals surface area contributed by atoms with Crippen molar-refractivity contribution in [2.45, 2.75) is 315 Å². The van der Waals surface area contributed by atoms with E-state index in [-0.39, 0.29) is 32.2 Å². The number of carboxylic acids is 1. The lowest BCUT2D eigenvalue weighted by molar-refractivity contribution is -0.870. The van der Waals surface area contributed by atoms with Gasteiger partial charge in [0, 0.05) is 12.8 Å². The van der Waals surface area contributed by atoms with Crippen molar-refractivity contribution in [1.82, 2.24) is 0 Å². The molecule has 0 N–H and O–H groups in total. The number of carboxylic acid groups (broad SMARTS) is 1. The SMILES string of the molecule is CC/C=C\C/C=C\C/C=C\C/C=C\C/C=C\C/C=C\CCCCCCCCCCCCCCCCC(=O)OC(COC(=O)CCCCCCCCCCCCCCCCCCCCCCCC)COC(OCC[N+](C)(C)C)C(=O)[O-]. The molecular weight excluding hydrogens is 995 g/mol. The Hall–Kier alpha value is -3.27. The second kappa shape index (κ2) is 61.8. The second-order valence-corrected chi connectivity index (χ2v) is 23.7. The zero-order valence-corrected chi connectivity index (χ0v) is 52.9. The maximum Gasteiger partial charge on any atom is 0.306 e. The number of unbranched alkanes of at least 4 members (excludes halogenated alkanes) is 35. The average Bonchev–Trinajstić information content (AvgIpc) is 3.43. The smallest absolute Gasteiger partial charge is 0.306 e. The summed E-state index contributed by atoms with van der Waals surface area (Å²) in [6, 6.07) is 0. The molecule has 0 aromatic carbocycles. The summed E-state index contributed by atoms with van der Waals surface area (Å²) in [7, 11) is 5.93. The van der Waals surface area contributed by atoms with E-state index in [4.69, 9.17) is 18.9 Å². The summed E-state index contributed by atoms with van der Waals surface area (Å²) >= 11 is 0. The highest BCUT2D eigenvalue weighted by molar-refractivity contribution is 5.70. The van der Waals surface area contributed by atoms with Crippen LogP contribution < -0.4 is 5.11 Å². The molecule has 0 aliphatic rings. The number of hydrogen-bond acceptors (Lipinski definition) is 8. The summed E-state index contributed by atoms with van der Waals surface area (Å²) in [5.74, 6) is -2.27. The molecule has 464 valence electrons. The Kier molecular flexibility index (Phi) is 59.3. The number of quaternary nitrogens is 1. The molecule has 0 spiro atoms. The Bertz CT molecular complexity index is 1540. The summed E-state index contributed by atoms with van der Waals surface area (Å²) in [5.41, 5.74) is 0. The fourth-order valence-electron chi connectivity index (χ4n) is 9.60. The Balaban J connectivity index is 4.12. The molecule has 0 aromatic heterocycles. The summed E-state index contributed by atoms with van der Waals surface area (Å²) in [6.45, 7) is 4.68. The van der Waals surface area contributed by atoms with Crippen molar-refractivity contribution in [1.29, 1.82) is 0 Å². The minimum Gasteiger partial charge on any atom is -0.545 e. The van der Waals surface area contributed by atoms with Gasteiger partial charge in [-0.3, -0.25) is 9.59 Å². The molecule has 2 unspecified atom stereocenters. The maximum absolute atomic E-state index is 12.9. The molecule has 0 heterocycles. The fourth-order valence-corrected chi connectivity index (χ4v) is 9.60. The predicted molar refractivity (Wildman–Crippen MR) is 338 cm³/mol. The van der Waals surface area contributed by atoms with Crippen LogP contribution in [0.15, 0.2) is 72.9 Å². The molecular formula is C71H127NO8. The highest BCUT2D eigenvalue weighted by Crippen LogP contribution is 2.18. The number of allylic oxidation sites excluding steroid dienone is 12. The highest BCUT2D eigenvalue weighted by atomic mass is 16.7. The van der Waals surface area contributed by atoms with Gasteiger partial charge in [-0.05, 0) is 64.2 Å². The van der Waals surface area contributed by atoms with E-state index in [1.54, 1.807) is 0 Å². The number of likely N-dealkylation sites (N-methyl/N-ethyl adjacent to an activating group) is 1. The number of hydrogen-bond donors (Lipinski definition) is 0. The van der Waals surface area contributed by atoms with Gasteiger partial charge in [-0.25, -0.2) is 0 Å². The lowest BCUT2D eigenvalue weighted by Crippen LogP contribution is -2.44. The Morgan fingerprint density at radius 2 is 0.713 bits per heavy atom. The first-order valence-electron chi connectivity index (χ1n) is 33.6. The van der Waals surface area contributed by atoms with Crippen LogP contribution in [-0.4, -0.2) is 82.3 Å². The summed E-state index contributed by atoms with van der Waals surface area (Å²) < 4.78 is 22.8. The molecule has 0 bridgehead atoms. The van der Waals surface area contributed by atoms with Crippen LogP contribution in [0.2, 0.25) is 0 Å². The third kappa shape index (κ3) is 62.3. The quantitative estimate of drug-likeness (QED) is 0.0195. The number of ether oxygens (including phenoxy) is 4. The minimum atomic E-state index is -1.62. The van der Waals surface area contributed by atoms with E-state index >= 15 is 0 Å². The van der Waals surface area contributed by atoms with Gasteiger partial charge in [-0.1, -0.05) is 299 Å². The molecule has 0 aliphatic heterocycles. The summed E-state index contributed by atoms with van der Waals surface area (Å²) in [5, 5.41) is 11.8. The maximum atomic E-state index is 12.9. The third-order valence-electron chi connectivity index (χ3n) is 14.7. The topological polar surface area (TPSA) is 111 Å². The van der Waals surface area contributed by atoms with Gasteiger partial charge in [-0.15, -0.1) is 0 Å². The van der Waals surface area contributed by atoms with Gasteiger partial charge in [-0.2, -0.15) is 0 Å². The molecule has 2 atom stereocenters. The number of esters is 2. The van der Waals surface area contributed by atoms with Crippen LogP contribution in [-0.2, 0) is 33.3 Å². The van der Waals surface area contributed by atoms with Gasteiger partial charge in [0.15, 0.2) is 12.4 Å². The van der Waals surface area contributed by atoms with E-state index in [9.17, 15) is 19.5 Å². The van der Waals surface area contributed by atoms with Crippen molar-refractivity contribution < 1.29 is 42.9 Å². The number of nitrogens with zero attached hydrogens (tertiary/aromatic N) is 1. The largest absolute Gasteiger partial charge is 0.545 e. The number of carbonyl (C=O) groups is 3. The van der Waals surface area contributed by atoms with E-state index in [0.717, 1.165) is 77.0 Å². The number of aliphatic carboxylic acids is 1. The van der Waals surface area contributed by atoms with Crippen LogP contribution in [0.25, 0.3) is 0 Å². The molecule has 0 amide bonds. The van der Waals surface area contributed by atoms with Crippen molar-refractivity contribution >= 4 is 17.9 Å². The predicted octanol–water partition coefficient (Wildman–Crippen LogP) is 19.2. The number of carbonyl (C=O) groups excluding carboxylic acids is 3. The van der Waals surface area contributed by atoms with Crippen molar-refractivity contribution in [3.8, 4) is 0 Å². The monoisotopic (exact) mass is 1120 g/mol. The molecule has 80 heavy (non-hydrogen) atoms. The van der Waals surface area contributed by atoms with E-state index in [0.29, 0.717) is 23.9 Å². The number of rotatable bonds is 62. The van der Waals surface area contributed by atoms with E-state index in [1.807, 2.05) is 21.1 Å². The second-order valence-electron chi connectivity index (χ2n) is 23.7. The van der Waals surface area contributed by atoms with Crippen LogP contribution >= 0.6 is 0 Å². The molecule has 0 fully saturated rings. The van der Waals surface area contributed by atoms with Crippen molar-refractivity contribution in [2.24, 2.45) is 0 Å². The van der Waals surface area contributed by atoms with Gasteiger partial charge in [0.2, 0.25) is 0 Å². The molecule has 9 heteroatoms. The summed E-state index contributed by atoms with van der Waals surface area (Å²) in [6.07, 6.45) is 78.3. The molecule has 0 radical (unpaired) electrons. The highest BCUT2D eigenvalue weighted by Gasteiger charge is 2.22. The Morgan fingerprint density at radius 1 is 0.388 bits per heavy atom. The first-order valence-corrected chi connectivity index (χ1v) is 33.6. The molecule has 0 aliphatic carbocycles. The van der Waals surface area contributed by atoms with Gasteiger partial charge in [0.1, 0.15) is 13.2 Å². The van der Waals surface area contributed by atoms with Crippen LogP contribution in [0.1, 0.15) is 303 Å². The van der Waals surface area contributed by atoms with Crippen LogP contribution in [0, 0.1) is 0 Å². The summed E-state index contributed by atoms with van der Waals surface area (Å²) in [4.78, 5) is 37.4. The van der Waals surface area contributed by atoms with Crippen LogP contribution in [0.5, 0.6) is 0 Å². The Labute approximate surface area is 494 Å². The lowest BCUT2D eigenvalue weighted by atomic mass is 10.0. The average molecular weight is 1120 g/mol. The molecule has 9 nitrogen and oxygen atoms in total.